The Hall–Kier alpha value is -2.10. The zero-order chi connectivity index (χ0) is 18.3. The Morgan fingerprint density at radius 3 is 2.46 bits per heavy atom. The molecule has 0 fully saturated rings. The fourth-order valence-electron chi connectivity index (χ4n) is 1.87. The normalized spacial score (nSPS) is 12.0. The lowest BCUT2D eigenvalue weighted by Crippen LogP contribution is -2.45. The van der Waals surface area contributed by atoms with Crippen LogP contribution in [0.4, 0.5) is 4.79 Å². The molecule has 1 rings (SSSR count). The van der Waals surface area contributed by atoms with Gasteiger partial charge in [0.15, 0.2) is 5.16 Å². The summed E-state index contributed by atoms with van der Waals surface area (Å²) in [5, 5.41) is 13.0. The van der Waals surface area contributed by atoms with Crippen LogP contribution in [-0.2, 0) is 22.6 Å². The van der Waals surface area contributed by atoms with E-state index in [0.29, 0.717) is 23.9 Å². The lowest BCUT2D eigenvalue weighted by Gasteiger charge is -2.13. The number of amides is 4. The van der Waals surface area contributed by atoms with Gasteiger partial charge >= 0.3 is 6.03 Å². The molecular weight excluding hydrogens is 332 g/mol. The zero-order valence-corrected chi connectivity index (χ0v) is 15.1. The minimum Gasteiger partial charge on any atom is -0.370 e. The molecule has 9 nitrogen and oxygen atoms in total. The molecule has 0 unspecified atom stereocenters. The third kappa shape index (κ3) is 6.19. The fourth-order valence-corrected chi connectivity index (χ4v) is 2.80. The third-order valence-corrected chi connectivity index (χ3v) is 4.09. The number of primary amides is 1. The maximum absolute atomic E-state index is 12.0. The highest BCUT2D eigenvalue weighted by molar-refractivity contribution is 8.00. The first-order chi connectivity index (χ1) is 11.2. The summed E-state index contributed by atoms with van der Waals surface area (Å²) < 4.78 is 1.82. The van der Waals surface area contributed by atoms with E-state index in [1.54, 1.807) is 20.8 Å². The summed E-state index contributed by atoms with van der Waals surface area (Å²) >= 11 is 1.20. The van der Waals surface area contributed by atoms with E-state index in [1.807, 2.05) is 11.5 Å². The molecule has 0 saturated heterocycles. The summed E-state index contributed by atoms with van der Waals surface area (Å²) in [5.41, 5.74) is 5.15. The molecule has 1 aromatic heterocycles. The number of thioether (sulfide) groups is 1. The SMILES string of the molecule is CCn1c(CCC(N)=O)nnc1S[C@@H](C)C(=O)NC(=O)NC(C)C. The fraction of sp³-hybridized carbons (Fsp3) is 0.643. The Labute approximate surface area is 145 Å². The van der Waals surface area contributed by atoms with Gasteiger partial charge < -0.3 is 15.6 Å². The Bertz CT molecular complexity index is 601. The average molecular weight is 356 g/mol. The van der Waals surface area contributed by atoms with Crippen LogP contribution < -0.4 is 16.4 Å². The summed E-state index contributed by atoms with van der Waals surface area (Å²) in [7, 11) is 0. The molecule has 10 heteroatoms. The van der Waals surface area contributed by atoms with Gasteiger partial charge in [-0.1, -0.05) is 11.8 Å². The van der Waals surface area contributed by atoms with Crippen molar-refractivity contribution in [2.75, 3.05) is 0 Å². The first-order valence-electron chi connectivity index (χ1n) is 7.73. The number of nitrogens with one attached hydrogen (secondary N) is 2. The third-order valence-electron chi connectivity index (χ3n) is 3.01. The number of hydrogen-bond donors (Lipinski definition) is 3. The van der Waals surface area contributed by atoms with Crippen LogP contribution in [-0.4, -0.2) is 43.9 Å². The number of aromatic nitrogens is 3. The molecule has 4 N–H and O–H groups in total. The number of rotatable bonds is 8. The van der Waals surface area contributed by atoms with Gasteiger partial charge in [-0.2, -0.15) is 0 Å². The predicted octanol–water partition coefficient (Wildman–Crippen LogP) is 0.431. The van der Waals surface area contributed by atoms with E-state index < -0.39 is 23.1 Å². The van der Waals surface area contributed by atoms with Crippen molar-refractivity contribution in [2.45, 2.75) is 63.5 Å². The van der Waals surface area contributed by atoms with E-state index in [9.17, 15) is 14.4 Å². The van der Waals surface area contributed by atoms with Gasteiger partial charge in [-0.15, -0.1) is 10.2 Å². The van der Waals surface area contributed by atoms with Gasteiger partial charge in [-0.05, 0) is 27.7 Å². The van der Waals surface area contributed by atoms with Crippen molar-refractivity contribution in [3.05, 3.63) is 5.82 Å². The van der Waals surface area contributed by atoms with Crippen LogP contribution in [0.2, 0.25) is 0 Å². The maximum atomic E-state index is 12.0. The number of nitrogens with zero attached hydrogens (tertiary/aromatic N) is 3. The highest BCUT2D eigenvalue weighted by Crippen LogP contribution is 2.22. The van der Waals surface area contributed by atoms with Gasteiger partial charge in [-0.3, -0.25) is 14.9 Å². The van der Waals surface area contributed by atoms with Crippen LogP contribution in [0.15, 0.2) is 5.16 Å². The van der Waals surface area contributed by atoms with Crippen LogP contribution in [0.25, 0.3) is 0 Å². The molecule has 0 aromatic carbocycles. The van der Waals surface area contributed by atoms with Gasteiger partial charge in [0.1, 0.15) is 5.82 Å². The maximum Gasteiger partial charge on any atom is 0.321 e. The Balaban J connectivity index is 2.69. The number of imide groups is 1. The molecule has 0 aliphatic carbocycles. The average Bonchev–Trinajstić information content (AvgIpc) is 2.85. The van der Waals surface area contributed by atoms with E-state index in [4.69, 9.17) is 5.73 Å². The van der Waals surface area contributed by atoms with Crippen LogP contribution in [0, 0.1) is 0 Å². The highest BCUT2D eigenvalue weighted by Gasteiger charge is 2.21. The molecule has 0 aliphatic heterocycles. The van der Waals surface area contributed by atoms with Crippen molar-refractivity contribution in [3.63, 3.8) is 0 Å². The number of carbonyl (C=O) groups is 3. The van der Waals surface area contributed by atoms with Crippen molar-refractivity contribution in [2.24, 2.45) is 5.73 Å². The van der Waals surface area contributed by atoms with E-state index >= 15 is 0 Å². The van der Waals surface area contributed by atoms with Gasteiger partial charge in [0.2, 0.25) is 11.8 Å². The molecule has 0 radical (unpaired) electrons. The lowest BCUT2D eigenvalue weighted by atomic mass is 10.3. The monoisotopic (exact) mass is 356 g/mol. The van der Waals surface area contributed by atoms with Crippen LogP contribution in [0.3, 0.4) is 0 Å². The second-order valence-electron chi connectivity index (χ2n) is 5.49. The second kappa shape index (κ2) is 9.26. The summed E-state index contributed by atoms with van der Waals surface area (Å²) in [6.07, 6.45) is 0.586. The van der Waals surface area contributed by atoms with Gasteiger partial charge in [0.05, 0.1) is 5.25 Å². The largest absolute Gasteiger partial charge is 0.370 e. The van der Waals surface area contributed by atoms with Crippen molar-refractivity contribution < 1.29 is 14.4 Å². The van der Waals surface area contributed by atoms with Crippen molar-refractivity contribution >= 4 is 29.6 Å². The topological polar surface area (TPSA) is 132 Å². The molecule has 0 saturated carbocycles. The van der Waals surface area contributed by atoms with Crippen LogP contribution >= 0.6 is 11.8 Å². The second-order valence-corrected chi connectivity index (χ2v) is 6.79. The van der Waals surface area contributed by atoms with Crippen molar-refractivity contribution in [3.8, 4) is 0 Å². The minimum atomic E-state index is -0.526. The van der Waals surface area contributed by atoms with Crippen LogP contribution in [0.5, 0.6) is 0 Å². The van der Waals surface area contributed by atoms with E-state index in [0.717, 1.165) is 0 Å². The molecule has 134 valence electrons. The summed E-state index contributed by atoms with van der Waals surface area (Å²) in [4.78, 5) is 34.5. The Kier molecular flexibility index (Phi) is 7.69. The minimum absolute atomic E-state index is 0.0586. The summed E-state index contributed by atoms with van der Waals surface area (Å²) in [6.45, 7) is 7.81. The van der Waals surface area contributed by atoms with Gasteiger partial charge in [-0.25, -0.2) is 4.79 Å². The quantitative estimate of drug-likeness (QED) is 0.579. The lowest BCUT2D eigenvalue weighted by molar-refractivity contribution is -0.119. The molecule has 24 heavy (non-hydrogen) atoms. The molecule has 4 amide bonds. The van der Waals surface area contributed by atoms with Crippen LogP contribution in [0.1, 0.15) is 39.9 Å². The molecule has 0 aliphatic rings. The number of carbonyl (C=O) groups excluding carboxylic acids is 3. The molecule has 0 spiro atoms. The Morgan fingerprint density at radius 1 is 1.25 bits per heavy atom. The van der Waals surface area contributed by atoms with E-state index in [1.165, 1.54) is 11.8 Å². The number of nitrogens with two attached hydrogens (primary N) is 1. The first kappa shape index (κ1) is 19.9. The van der Waals surface area contributed by atoms with E-state index in [-0.39, 0.29) is 12.5 Å². The van der Waals surface area contributed by atoms with Gasteiger partial charge in [0, 0.05) is 25.4 Å². The summed E-state index contributed by atoms with van der Waals surface area (Å²) in [6, 6.07) is -0.585. The molecule has 1 aromatic rings. The number of aryl methyl sites for hydroxylation is 1. The van der Waals surface area contributed by atoms with Gasteiger partial charge in [0.25, 0.3) is 0 Å². The molecule has 1 atom stereocenters. The van der Waals surface area contributed by atoms with E-state index in [2.05, 4.69) is 20.8 Å². The highest BCUT2D eigenvalue weighted by atomic mass is 32.2. The Morgan fingerprint density at radius 2 is 1.92 bits per heavy atom. The first-order valence-corrected chi connectivity index (χ1v) is 8.60. The number of hydrogen-bond acceptors (Lipinski definition) is 6. The molecular formula is C14H24N6O3S. The predicted molar refractivity (Wildman–Crippen MR) is 90.3 cm³/mol. The van der Waals surface area contributed by atoms with Crippen molar-refractivity contribution in [1.29, 1.82) is 0 Å². The molecule has 0 bridgehead atoms. The number of urea groups is 1. The molecule has 1 heterocycles. The summed E-state index contributed by atoms with van der Waals surface area (Å²) in [5.74, 6) is -0.176. The zero-order valence-electron chi connectivity index (χ0n) is 14.3. The standard InChI is InChI=1S/C14H24N6O3S/c1-5-20-11(7-6-10(15)21)18-19-14(20)24-9(4)12(22)17-13(23)16-8(2)3/h8-9H,5-7H2,1-4H3,(H2,15,21)(H2,16,17,22,23)/t9-/m0/s1. The smallest absolute Gasteiger partial charge is 0.321 e. The van der Waals surface area contributed by atoms with Crippen molar-refractivity contribution in [1.82, 2.24) is 25.4 Å².